The molecule has 0 amide bonds. The van der Waals surface area contributed by atoms with Crippen molar-refractivity contribution in [2.75, 3.05) is 13.1 Å². The third-order valence-electron chi connectivity index (χ3n) is 4.71. The average Bonchev–Trinajstić information content (AvgIpc) is 2.85. The maximum Gasteiger partial charge on any atom is 0.0136 e. The van der Waals surface area contributed by atoms with Crippen molar-refractivity contribution >= 4 is 0 Å². The topological polar surface area (TPSA) is 3.24 Å². The molecule has 1 aliphatic carbocycles. The van der Waals surface area contributed by atoms with Crippen LogP contribution in [-0.4, -0.2) is 24.0 Å². The summed E-state index contributed by atoms with van der Waals surface area (Å²) < 4.78 is 0. The summed E-state index contributed by atoms with van der Waals surface area (Å²) in [6.07, 6.45) is 9.61. The van der Waals surface area contributed by atoms with Gasteiger partial charge in [0.1, 0.15) is 0 Å². The van der Waals surface area contributed by atoms with Crippen LogP contribution in [0.3, 0.4) is 0 Å². The molecule has 1 nitrogen and oxygen atoms in total. The molecule has 1 aliphatic heterocycles. The zero-order chi connectivity index (χ0) is 12.4. The van der Waals surface area contributed by atoms with Crippen LogP contribution >= 0.6 is 0 Å². The maximum absolute atomic E-state index is 2.75. The highest BCUT2D eigenvalue weighted by atomic mass is 15.2. The zero-order valence-electron chi connectivity index (χ0n) is 11.6. The van der Waals surface area contributed by atoms with Crippen LogP contribution in [-0.2, 0) is 12.8 Å². The predicted molar refractivity (Wildman–Crippen MR) is 77.0 cm³/mol. The first-order valence-corrected chi connectivity index (χ1v) is 7.65. The lowest BCUT2D eigenvalue weighted by atomic mass is 9.89. The van der Waals surface area contributed by atoms with Gasteiger partial charge in [-0.05, 0) is 69.7 Å². The molecule has 1 heteroatoms. The van der Waals surface area contributed by atoms with Crippen LogP contribution in [0.15, 0.2) is 18.2 Å². The Hall–Kier alpha value is -0.820. The van der Waals surface area contributed by atoms with E-state index in [9.17, 15) is 0 Å². The first-order valence-electron chi connectivity index (χ1n) is 7.65. The van der Waals surface area contributed by atoms with E-state index in [1.54, 1.807) is 11.1 Å². The molecular weight excluding hydrogens is 218 g/mol. The molecule has 98 valence electrons. The summed E-state index contributed by atoms with van der Waals surface area (Å²) in [7, 11) is 0. The van der Waals surface area contributed by atoms with Crippen LogP contribution in [0, 0.1) is 6.92 Å². The zero-order valence-corrected chi connectivity index (χ0v) is 11.6. The van der Waals surface area contributed by atoms with Gasteiger partial charge in [0.2, 0.25) is 0 Å². The fourth-order valence-corrected chi connectivity index (χ4v) is 3.66. The predicted octanol–water partition coefficient (Wildman–Crippen LogP) is 3.73. The molecule has 18 heavy (non-hydrogen) atoms. The van der Waals surface area contributed by atoms with Gasteiger partial charge in [0, 0.05) is 6.04 Å². The Kier molecular flexibility index (Phi) is 3.69. The summed E-state index contributed by atoms with van der Waals surface area (Å²) >= 11 is 0. The van der Waals surface area contributed by atoms with Crippen molar-refractivity contribution in [2.24, 2.45) is 0 Å². The molecule has 0 saturated carbocycles. The molecule has 1 aromatic carbocycles. The summed E-state index contributed by atoms with van der Waals surface area (Å²) in [5, 5.41) is 0. The third-order valence-corrected chi connectivity index (χ3v) is 4.71. The summed E-state index contributed by atoms with van der Waals surface area (Å²) in [5.74, 6) is 0. The highest BCUT2D eigenvalue weighted by Crippen LogP contribution is 2.26. The van der Waals surface area contributed by atoms with Gasteiger partial charge in [0.15, 0.2) is 0 Å². The molecule has 0 aromatic heterocycles. The number of aryl methyl sites for hydroxylation is 2. The van der Waals surface area contributed by atoms with Gasteiger partial charge in [-0.15, -0.1) is 0 Å². The van der Waals surface area contributed by atoms with E-state index in [2.05, 4.69) is 30.0 Å². The third kappa shape index (κ3) is 2.61. The Morgan fingerprint density at radius 1 is 1.00 bits per heavy atom. The van der Waals surface area contributed by atoms with E-state index in [1.165, 1.54) is 63.6 Å². The molecule has 2 aliphatic rings. The van der Waals surface area contributed by atoms with E-state index >= 15 is 0 Å². The second-order valence-corrected chi connectivity index (χ2v) is 6.12. The Labute approximate surface area is 111 Å². The maximum atomic E-state index is 2.75. The summed E-state index contributed by atoms with van der Waals surface area (Å²) in [4.78, 5) is 2.75. The normalized spacial score (nSPS) is 25.5. The molecule has 1 fully saturated rings. The Morgan fingerprint density at radius 3 is 2.67 bits per heavy atom. The highest BCUT2D eigenvalue weighted by Gasteiger charge is 2.23. The van der Waals surface area contributed by atoms with Crippen molar-refractivity contribution in [3.63, 3.8) is 0 Å². The summed E-state index contributed by atoms with van der Waals surface area (Å²) in [6.45, 7) is 4.90. The van der Waals surface area contributed by atoms with Crippen molar-refractivity contribution < 1.29 is 0 Å². The van der Waals surface area contributed by atoms with E-state index in [4.69, 9.17) is 0 Å². The number of hydrogen-bond donors (Lipinski definition) is 0. The van der Waals surface area contributed by atoms with Gasteiger partial charge < -0.3 is 4.90 Å². The smallest absolute Gasteiger partial charge is 0.0136 e. The molecule has 0 radical (unpaired) electrons. The molecule has 1 saturated heterocycles. The number of nitrogens with zero attached hydrogens (tertiary/aromatic N) is 1. The van der Waals surface area contributed by atoms with Gasteiger partial charge in [-0.1, -0.05) is 30.2 Å². The fourth-order valence-electron chi connectivity index (χ4n) is 3.66. The molecule has 1 unspecified atom stereocenters. The lowest BCUT2D eigenvalue weighted by Gasteiger charge is -2.30. The molecule has 0 bridgehead atoms. The van der Waals surface area contributed by atoms with Crippen LogP contribution < -0.4 is 0 Å². The quantitative estimate of drug-likeness (QED) is 0.726. The standard InChI is InChI=1S/C17H25N/c1-14-8-9-15-6-2-3-7-17(13-16(15)12-14)18-10-4-5-11-18/h8-9,12,17H,2-7,10-11,13H2,1H3. The lowest BCUT2D eigenvalue weighted by molar-refractivity contribution is 0.222. The molecule has 1 heterocycles. The fraction of sp³-hybridized carbons (Fsp3) is 0.647. The minimum absolute atomic E-state index is 0.813. The van der Waals surface area contributed by atoms with Crippen LogP contribution in [0.25, 0.3) is 0 Å². The monoisotopic (exact) mass is 243 g/mol. The SMILES string of the molecule is Cc1ccc2c(c1)CC(N1CCCC1)CCCC2. The second kappa shape index (κ2) is 5.44. The van der Waals surface area contributed by atoms with Gasteiger partial charge in [-0.25, -0.2) is 0 Å². The molecule has 1 atom stereocenters. The van der Waals surface area contributed by atoms with Gasteiger partial charge in [-0.3, -0.25) is 0 Å². The largest absolute Gasteiger partial charge is 0.300 e. The van der Waals surface area contributed by atoms with Crippen LogP contribution in [0.1, 0.15) is 48.8 Å². The molecule has 0 spiro atoms. The minimum atomic E-state index is 0.813. The van der Waals surface area contributed by atoms with Crippen molar-refractivity contribution in [3.05, 3.63) is 34.9 Å². The Bertz CT molecular complexity index is 404. The summed E-state index contributed by atoms with van der Waals surface area (Å²) in [5.41, 5.74) is 4.67. The first kappa shape index (κ1) is 12.2. The van der Waals surface area contributed by atoms with Crippen molar-refractivity contribution in [1.82, 2.24) is 4.90 Å². The molecular formula is C17H25N. The highest BCUT2D eigenvalue weighted by molar-refractivity contribution is 5.32. The van der Waals surface area contributed by atoms with Crippen LogP contribution in [0.2, 0.25) is 0 Å². The number of hydrogen-bond acceptors (Lipinski definition) is 1. The van der Waals surface area contributed by atoms with Gasteiger partial charge in [0.25, 0.3) is 0 Å². The van der Waals surface area contributed by atoms with Crippen molar-refractivity contribution in [2.45, 2.75) is 57.9 Å². The number of fused-ring (bicyclic) bond motifs is 1. The van der Waals surface area contributed by atoms with E-state index in [0.29, 0.717) is 0 Å². The second-order valence-electron chi connectivity index (χ2n) is 6.12. The van der Waals surface area contributed by atoms with E-state index in [0.717, 1.165) is 6.04 Å². The van der Waals surface area contributed by atoms with Gasteiger partial charge in [-0.2, -0.15) is 0 Å². The first-order chi connectivity index (χ1) is 8.83. The molecule has 1 aromatic rings. The van der Waals surface area contributed by atoms with E-state index < -0.39 is 0 Å². The molecule has 3 rings (SSSR count). The molecule has 0 N–H and O–H groups in total. The van der Waals surface area contributed by atoms with E-state index in [-0.39, 0.29) is 0 Å². The van der Waals surface area contributed by atoms with Crippen molar-refractivity contribution in [3.8, 4) is 0 Å². The minimum Gasteiger partial charge on any atom is -0.300 e. The lowest BCUT2D eigenvalue weighted by Crippen LogP contribution is -2.35. The number of likely N-dealkylation sites (tertiary alicyclic amines) is 1. The van der Waals surface area contributed by atoms with Crippen LogP contribution in [0.4, 0.5) is 0 Å². The number of benzene rings is 1. The van der Waals surface area contributed by atoms with Crippen LogP contribution in [0.5, 0.6) is 0 Å². The Morgan fingerprint density at radius 2 is 1.83 bits per heavy atom. The summed E-state index contributed by atoms with van der Waals surface area (Å²) in [6, 6.07) is 7.90. The van der Waals surface area contributed by atoms with E-state index in [1.807, 2.05) is 0 Å². The van der Waals surface area contributed by atoms with Crippen molar-refractivity contribution in [1.29, 1.82) is 0 Å². The van der Waals surface area contributed by atoms with Gasteiger partial charge in [0.05, 0.1) is 0 Å². The average molecular weight is 243 g/mol. The number of rotatable bonds is 1. The van der Waals surface area contributed by atoms with Gasteiger partial charge >= 0.3 is 0 Å². The Balaban J connectivity index is 1.83.